The van der Waals surface area contributed by atoms with Gasteiger partial charge in [0.15, 0.2) is 0 Å². The second kappa shape index (κ2) is 13.0. The molecule has 0 aromatic heterocycles. The van der Waals surface area contributed by atoms with Crippen LogP contribution in [0.3, 0.4) is 0 Å². The van der Waals surface area contributed by atoms with Crippen LogP contribution in [-0.4, -0.2) is 17.2 Å². The summed E-state index contributed by atoms with van der Waals surface area (Å²) in [4.78, 5) is 0. The van der Waals surface area contributed by atoms with Gasteiger partial charge in [-0.25, -0.2) is 0 Å². The normalized spacial score (nSPS) is 17.8. The first-order valence-electron chi connectivity index (χ1n) is 14.9. The van der Waals surface area contributed by atoms with Crippen LogP contribution < -0.4 is 15.8 Å². The molecule has 4 heteroatoms. The number of ether oxygens (including phenoxy) is 1. The Labute approximate surface area is 236 Å². The van der Waals surface area contributed by atoms with Gasteiger partial charge < -0.3 is 20.9 Å². The highest BCUT2D eigenvalue weighted by atomic mass is 16.5. The maximum absolute atomic E-state index is 11.3. The fourth-order valence-corrected chi connectivity index (χ4v) is 5.84. The van der Waals surface area contributed by atoms with Crippen molar-refractivity contribution in [1.29, 1.82) is 0 Å². The van der Waals surface area contributed by atoms with Gasteiger partial charge in [0.05, 0.1) is 0 Å². The minimum absolute atomic E-state index is 0.180. The smallest absolute Gasteiger partial charge is 0.128 e. The quantitative estimate of drug-likeness (QED) is 0.247. The summed E-state index contributed by atoms with van der Waals surface area (Å²) >= 11 is 0. The van der Waals surface area contributed by atoms with E-state index in [1.54, 1.807) is 0 Å². The third-order valence-corrected chi connectivity index (χ3v) is 8.29. The highest BCUT2D eigenvalue weighted by Crippen LogP contribution is 2.39. The van der Waals surface area contributed by atoms with Gasteiger partial charge in [-0.2, -0.15) is 0 Å². The van der Waals surface area contributed by atoms with Crippen molar-refractivity contribution in [1.82, 2.24) is 5.32 Å². The molecule has 39 heavy (non-hydrogen) atoms. The third kappa shape index (κ3) is 6.85. The molecule has 210 valence electrons. The Morgan fingerprint density at radius 3 is 2.13 bits per heavy atom. The highest BCUT2D eigenvalue weighted by molar-refractivity contribution is 5.76. The van der Waals surface area contributed by atoms with E-state index in [1.807, 2.05) is 42.5 Å². The lowest BCUT2D eigenvalue weighted by Gasteiger charge is -2.29. The number of nitrogens with two attached hydrogens (primary N) is 1. The molecule has 0 amide bonds. The molecule has 4 N–H and O–H groups in total. The van der Waals surface area contributed by atoms with Gasteiger partial charge in [-0.3, -0.25) is 0 Å². The maximum atomic E-state index is 11.3. The Balaban J connectivity index is 1.61. The fourth-order valence-electron chi connectivity index (χ4n) is 5.84. The molecule has 1 aliphatic rings. The second-order valence-electron chi connectivity index (χ2n) is 12.2. The van der Waals surface area contributed by atoms with E-state index in [-0.39, 0.29) is 6.04 Å². The van der Waals surface area contributed by atoms with Crippen LogP contribution in [-0.2, 0) is 13.2 Å². The van der Waals surface area contributed by atoms with E-state index in [2.05, 4.69) is 59.0 Å². The summed E-state index contributed by atoms with van der Waals surface area (Å²) in [6.45, 7) is 14.7. The van der Waals surface area contributed by atoms with Crippen LogP contribution in [0.4, 0.5) is 0 Å². The molecule has 0 heterocycles. The predicted octanol–water partition coefficient (Wildman–Crippen LogP) is 8.37. The van der Waals surface area contributed by atoms with E-state index in [0.717, 1.165) is 35.3 Å². The van der Waals surface area contributed by atoms with Crippen molar-refractivity contribution in [3.8, 4) is 22.6 Å². The van der Waals surface area contributed by atoms with Crippen molar-refractivity contribution in [2.24, 2.45) is 5.73 Å². The van der Waals surface area contributed by atoms with Gasteiger partial charge in [0, 0.05) is 35.3 Å². The van der Waals surface area contributed by atoms with Gasteiger partial charge in [-0.1, -0.05) is 103 Å². The molecule has 3 aromatic carbocycles. The van der Waals surface area contributed by atoms with Gasteiger partial charge in [-0.15, -0.1) is 0 Å². The first-order valence-corrected chi connectivity index (χ1v) is 14.9. The van der Waals surface area contributed by atoms with Crippen molar-refractivity contribution in [3.05, 3.63) is 82.4 Å². The van der Waals surface area contributed by atoms with E-state index in [4.69, 9.17) is 10.5 Å². The number of rotatable bonds is 10. The van der Waals surface area contributed by atoms with Crippen LogP contribution in [0.2, 0.25) is 0 Å². The van der Waals surface area contributed by atoms with E-state index < -0.39 is 0 Å². The summed E-state index contributed by atoms with van der Waals surface area (Å²) in [5, 5.41) is 14.9. The summed E-state index contributed by atoms with van der Waals surface area (Å²) in [5.74, 6) is 2.37. The molecule has 0 radical (unpaired) electrons. The Morgan fingerprint density at radius 2 is 1.49 bits per heavy atom. The van der Waals surface area contributed by atoms with Crippen molar-refractivity contribution < 1.29 is 9.84 Å². The minimum Gasteiger partial charge on any atom is -0.507 e. The molecular weight excluding hydrogens is 480 g/mol. The molecular formula is C35H48N2O2. The molecule has 0 spiro atoms. The topological polar surface area (TPSA) is 67.5 Å². The van der Waals surface area contributed by atoms with Crippen LogP contribution in [0.5, 0.6) is 11.5 Å². The summed E-state index contributed by atoms with van der Waals surface area (Å²) < 4.78 is 6.58. The fraction of sp³-hybridized carbons (Fsp3) is 0.486. The Kier molecular flexibility index (Phi) is 9.74. The molecule has 3 aromatic rings. The Bertz CT molecular complexity index is 1220. The largest absolute Gasteiger partial charge is 0.507 e. The van der Waals surface area contributed by atoms with Crippen LogP contribution >= 0.6 is 0 Å². The zero-order valence-electron chi connectivity index (χ0n) is 24.8. The van der Waals surface area contributed by atoms with Crippen molar-refractivity contribution >= 4 is 0 Å². The number of aromatic hydroxyl groups is 1. The lowest BCUT2D eigenvalue weighted by atomic mass is 9.85. The number of phenolic OH excluding ortho intramolecular Hbond substituents is 1. The van der Waals surface area contributed by atoms with E-state index in [1.165, 1.54) is 35.1 Å². The first kappa shape index (κ1) is 29.2. The molecule has 0 aliphatic heterocycles. The van der Waals surface area contributed by atoms with Crippen molar-refractivity contribution in [2.75, 3.05) is 0 Å². The molecule has 1 aliphatic carbocycles. The summed E-state index contributed by atoms with van der Waals surface area (Å²) in [6.07, 6.45) is 4.56. The summed E-state index contributed by atoms with van der Waals surface area (Å²) in [7, 11) is 0. The lowest BCUT2D eigenvalue weighted by Crippen LogP contribution is -2.46. The lowest BCUT2D eigenvalue weighted by molar-refractivity contribution is 0.303. The number of hydrogen-bond donors (Lipinski definition) is 3. The van der Waals surface area contributed by atoms with Gasteiger partial charge in [0.25, 0.3) is 0 Å². The first-order chi connectivity index (χ1) is 18.7. The molecule has 1 saturated carbocycles. The highest BCUT2D eigenvalue weighted by Gasteiger charge is 2.22. The molecule has 1 fully saturated rings. The second-order valence-corrected chi connectivity index (χ2v) is 12.2. The number of hydrogen-bond acceptors (Lipinski definition) is 4. The van der Waals surface area contributed by atoms with Gasteiger partial charge in [-0.05, 0) is 58.9 Å². The SMILES string of the molecule is CC(C)c1cc(C(C)C)c(COc2ccccc2-c2cccc(CNC3CCCC[C@@H]3N)c2O)c(C(C)C)c1. The molecule has 2 atom stereocenters. The third-order valence-electron chi connectivity index (χ3n) is 8.29. The van der Waals surface area contributed by atoms with Crippen LogP contribution in [0.15, 0.2) is 54.6 Å². The number of para-hydroxylation sites is 2. The zero-order valence-corrected chi connectivity index (χ0v) is 24.8. The number of benzene rings is 3. The van der Waals surface area contributed by atoms with Gasteiger partial charge in [0.1, 0.15) is 18.1 Å². The van der Waals surface area contributed by atoms with E-state index in [0.29, 0.717) is 42.7 Å². The average molecular weight is 529 g/mol. The van der Waals surface area contributed by atoms with Gasteiger partial charge in [0.2, 0.25) is 0 Å². The average Bonchev–Trinajstić information content (AvgIpc) is 2.91. The Morgan fingerprint density at radius 1 is 0.846 bits per heavy atom. The summed E-state index contributed by atoms with van der Waals surface area (Å²) in [5.41, 5.74) is 14.3. The van der Waals surface area contributed by atoms with Crippen LogP contribution in [0.25, 0.3) is 11.1 Å². The molecule has 0 bridgehead atoms. The molecule has 0 saturated heterocycles. The predicted molar refractivity (Wildman–Crippen MR) is 164 cm³/mol. The van der Waals surface area contributed by atoms with E-state index >= 15 is 0 Å². The van der Waals surface area contributed by atoms with Crippen LogP contribution in [0.1, 0.15) is 113 Å². The van der Waals surface area contributed by atoms with E-state index in [9.17, 15) is 5.11 Å². The molecule has 4 rings (SSSR count). The van der Waals surface area contributed by atoms with Gasteiger partial charge >= 0.3 is 0 Å². The summed E-state index contributed by atoms with van der Waals surface area (Å²) in [6, 6.07) is 19.2. The molecule has 1 unspecified atom stereocenters. The van der Waals surface area contributed by atoms with Crippen LogP contribution in [0, 0.1) is 0 Å². The monoisotopic (exact) mass is 528 g/mol. The Hall–Kier alpha value is -2.82. The number of phenols is 1. The standard InChI is InChI=1S/C35H48N2O2/c1-22(2)26-18-29(23(3)4)31(30(19-26)24(5)6)21-39-34-17-10-7-13-27(34)28-14-11-12-25(35(28)38)20-37-33-16-9-8-15-32(33)36/h7,10-14,17-19,22-24,32-33,37-38H,8-9,15-16,20-21,36H2,1-6H3/t32-,33?/m0/s1. The minimum atomic E-state index is 0.180. The molecule has 4 nitrogen and oxygen atoms in total. The zero-order chi connectivity index (χ0) is 28.1. The maximum Gasteiger partial charge on any atom is 0.128 e. The van der Waals surface area contributed by atoms with Crippen molar-refractivity contribution in [3.63, 3.8) is 0 Å². The number of nitrogens with one attached hydrogen (secondary N) is 1. The van der Waals surface area contributed by atoms with Crippen molar-refractivity contribution in [2.45, 2.75) is 110 Å².